The van der Waals surface area contributed by atoms with Crippen LogP contribution in [0.3, 0.4) is 0 Å². The number of hydrogen-bond acceptors (Lipinski definition) is 7. The van der Waals surface area contributed by atoms with E-state index in [1.165, 1.54) is 0 Å². The lowest BCUT2D eigenvalue weighted by Crippen LogP contribution is -2.21. The molecule has 1 aromatic carbocycles. The number of nitrogens with two attached hydrogens (primary N) is 1. The summed E-state index contributed by atoms with van der Waals surface area (Å²) >= 11 is 0. The molecule has 0 unspecified atom stereocenters. The largest absolute Gasteiger partial charge is 0.481 e. The molecule has 0 aliphatic carbocycles. The second-order valence-corrected chi connectivity index (χ2v) is 7.85. The third-order valence-corrected chi connectivity index (χ3v) is 4.86. The number of rotatable bonds is 4. The van der Waals surface area contributed by atoms with Crippen LogP contribution in [0.1, 0.15) is 25.1 Å². The van der Waals surface area contributed by atoms with E-state index in [0.717, 1.165) is 55.5 Å². The fourth-order valence-electron chi connectivity index (χ4n) is 3.61. The number of carboxylic acid groups (broad SMARTS) is 2. The van der Waals surface area contributed by atoms with Gasteiger partial charge in [0, 0.05) is 56.7 Å². The van der Waals surface area contributed by atoms with E-state index in [0.29, 0.717) is 12.4 Å². The standard InChI is InChI=1S/C20H22N4O.2C2H4O2/c21-20-9-14(7-8-22-20)11-24-12-16(19(25)13-24)10-17-6-5-15-3-1-2-4-18(15)23-17;2*1-2(3)4/h1-9,16,19,25H,10-13H2,(H2,21,22);2*1H3,(H,3,4)/t16-,19-;;/m1../s1. The molecular weight excluding hydrogens is 424 g/mol. The van der Waals surface area contributed by atoms with Crippen LogP contribution in [0.15, 0.2) is 54.7 Å². The van der Waals surface area contributed by atoms with Gasteiger partial charge in [-0.15, -0.1) is 0 Å². The lowest BCUT2D eigenvalue weighted by Gasteiger charge is -2.15. The summed E-state index contributed by atoms with van der Waals surface area (Å²) in [5.74, 6) is -0.929. The molecule has 1 aliphatic heterocycles. The Labute approximate surface area is 192 Å². The second kappa shape index (κ2) is 12.5. The van der Waals surface area contributed by atoms with Crippen LogP contribution in [0.5, 0.6) is 0 Å². The van der Waals surface area contributed by atoms with Crippen molar-refractivity contribution in [1.29, 1.82) is 0 Å². The van der Waals surface area contributed by atoms with Crippen LogP contribution in [0, 0.1) is 5.92 Å². The summed E-state index contributed by atoms with van der Waals surface area (Å²) in [6.45, 7) is 4.49. The van der Waals surface area contributed by atoms with Crippen molar-refractivity contribution in [2.45, 2.75) is 32.9 Å². The number of para-hydroxylation sites is 1. The molecule has 1 fully saturated rings. The Morgan fingerprint density at radius 2 is 1.73 bits per heavy atom. The monoisotopic (exact) mass is 454 g/mol. The number of pyridine rings is 2. The summed E-state index contributed by atoms with van der Waals surface area (Å²) in [6, 6.07) is 16.2. The van der Waals surface area contributed by atoms with Gasteiger partial charge in [-0.3, -0.25) is 19.5 Å². The van der Waals surface area contributed by atoms with Crippen molar-refractivity contribution in [3.8, 4) is 0 Å². The van der Waals surface area contributed by atoms with E-state index >= 15 is 0 Å². The number of benzene rings is 1. The zero-order valence-corrected chi connectivity index (χ0v) is 18.8. The highest BCUT2D eigenvalue weighted by Gasteiger charge is 2.31. The van der Waals surface area contributed by atoms with Crippen molar-refractivity contribution in [2.24, 2.45) is 5.92 Å². The first-order chi connectivity index (χ1) is 15.6. The van der Waals surface area contributed by atoms with Gasteiger partial charge in [0.05, 0.1) is 11.6 Å². The minimum Gasteiger partial charge on any atom is -0.481 e. The molecule has 0 saturated carbocycles. The van der Waals surface area contributed by atoms with Crippen LogP contribution in [0.25, 0.3) is 10.9 Å². The first-order valence-electron chi connectivity index (χ1n) is 10.5. The van der Waals surface area contributed by atoms with Crippen LogP contribution in [-0.4, -0.2) is 61.3 Å². The summed E-state index contributed by atoms with van der Waals surface area (Å²) in [6.07, 6.45) is 2.20. The quantitative estimate of drug-likeness (QED) is 0.466. The summed E-state index contributed by atoms with van der Waals surface area (Å²) < 4.78 is 0. The van der Waals surface area contributed by atoms with Gasteiger partial charge in [0.2, 0.25) is 0 Å². The van der Waals surface area contributed by atoms with Gasteiger partial charge in [0.1, 0.15) is 5.82 Å². The Kier molecular flexibility index (Phi) is 9.71. The van der Waals surface area contributed by atoms with E-state index in [2.05, 4.69) is 28.1 Å². The molecule has 0 spiro atoms. The number of carboxylic acids is 2. The summed E-state index contributed by atoms with van der Waals surface area (Å²) in [5, 5.41) is 26.4. The lowest BCUT2D eigenvalue weighted by molar-refractivity contribution is -0.135. The highest BCUT2D eigenvalue weighted by atomic mass is 16.4. The molecule has 5 N–H and O–H groups in total. The van der Waals surface area contributed by atoms with Crippen molar-refractivity contribution >= 4 is 28.7 Å². The predicted octanol–water partition coefficient (Wildman–Crippen LogP) is 2.43. The topological polar surface area (TPSA) is 150 Å². The molecule has 9 heteroatoms. The van der Waals surface area contributed by atoms with Crippen molar-refractivity contribution in [3.05, 3.63) is 66.0 Å². The normalized spacial score (nSPS) is 17.4. The Hall–Kier alpha value is -3.56. The number of aliphatic hydroxyl groups is 1. The number of aliphatic hydroxyl groups excluding tert-OH is 1. The highest BCUT2D eigenvalue weighted by Crippen LogP contribution is 2.23. The molecular formula is C24H30N4O5. The lowest BCUT2D eigenvalue weighted by atomic mass is 9.99. The maximum Gasteiger partial charge on any atom is 0.300 e. The molecule has 2 aromatic heterocycles. The average molecular weight is 455 g/mol. The van der Waals surface area contributed by atoms with Crippen LogP contribution < -0.4 is 5.73 Å². The molecule has 33 heavy (non-hydrogen) atoms. The van der Waals surface area contributed by atoms with E-state index in [1.54, 1.807) is 6.20 Å². The number of aliphatic carboxylic acids is 2. The number of nitrogens with zero attached hydrogens (tertiary/aromatic N) is 3. The first-order valence-corrected chi connectivity index (χ1v) is 10.5. The van der Waals surface area contributed by atoms with Crippen molar-refractivity contribution in [1.82, 2.24) is 14.9 Å². The number of hydrogen-bond donors (Lipinski definition) is 4. The van der Waals surface area contributed by atoms with Crippen LogP contribution in [0.2, 0.25) is 0 Å². The Morgan fingerprint density at radius 3 is 2.39 bits per heavy atom. The number of aromatic nitrogens is 2. The van der Waals surface area contributed by atoms with E-state index in [9.17, 15) is 5.11 Å². The van der Waals surface area contributed by atoms with Gasteiger partial charge in [-0.05, 0) is 36.2 Å². The van der Waals surface area contributed by atoms with Crippen LogP contribution >= 0.6 is 0 Å². The fraction of sp³-hybridized carbons (Fsp3) is 0.333. The molecule has 1 saturated heterocycles. The third kappa shape index (κ3) is 9.22. The highest BCUT2D eigenvalue weighted by molar-refractivity contribution is 5.78. The van der Waals surface area contributed by atoms with Gasteiger partial charge >= 0.3 is 0 Å². The molecule has 0 bridgehead atoms. The molecule has 176 valence electrons. The number of carbonyl (C=O) groups is 2. The van der Waals surface area contributed by atoms with Gasteiger partial charge in [0.15, 0.2) is 0 Å². The molecule has 2 atom stereocenters. The van der Waals surface area contributed by atoms with E-state index < -0.39 is 11.9 Å². The van der Waals surface area contributed by atoms with Gasteiger partial charge < -0.3 is 21.1 Å². The maximum atomic E-state index is 10.5. The van der Waals surface area contributed by atoms with E-state index in [1.807, 2.05) is 30.3 Å². The van der Waals surface area contributed by atoms with Gasteiger partial charge in [-0.25, -0.2) is 4.98 Å². The van der Waals surface area contributed by atoms with Crippen molar-refractivity contribution < 1.29 is 24.9 Å². The molecule has 9 nitrogen and oxygen atoms in total. The van der Waals surface area contributed by atoms with Crippen molar-refractivity contribution in [3.63, 3.8) is 0 Å². The number of likely N-dealkylation sites (tertiary alicyclic amines) is 1. The fourth-order valence-corrected chi connectivity index (χ4v) is 3.61. The van der Waals surface area contributed by atoms with Gasteiger partial charge in [0.25, 0.3) is 11.9 Å². The van der Waals surface area contributed by atoms with Crippen molar-refractivity contribution in [2.75, 3.05) is 18.8 Å². The second-order valence-electron chi connectivity index (χ2n) is 7.85. The van der Waals surface area contributed by atoms with Crippen LogP contribution in [0.4, 0.5) is 5.82 Å². The average Bonchev–Trinajstić information content (AvgIpc) is 3.05. The zero-order chi connectivity index (χ0) is 24.4. The third-order valence-electron chi connectivity index (χ3n) is 4.86. The van der Waals surface area contributed by atoms with Gasteiger partial charge in [-0.2, -0.15) is 0 Å². The smallest absolute Gasteiger partial charge is 0.300 e. The Bertz CT molecular complexity index is 1060. The Morgan fingerprint density at radius 1 is 1.06 bits per heavy atom. The molecule has 4 rings (SSSR count). The molecule has 3 heterocycles. The molecule has 0 radical (unpaired) electrons. The van der Waals surface area contributed by atoms with Gasteiger partial charge in [-0.1, -0.05) is 24.3 Å². The first kappa shape index (κ1) is 25.7. The minimum atomic E-state index is -0.833. The minimum absolute atomic E-state index is 0.202. The Balaban J connectivity index is 0.000000420. The number of nitrogen functional groups attached to an aromatic ring is 1. The number of fused-ring (bicyclic) bond motifs is 1. The van der Waals surface area contributed by atoms with Crippen LogP contribution in [-0.2, 0) is 22.6 Å². The summed E-state index contributed by atoms with van der Waals surface area (Å²) in [5.41, 5.74) is 8.93. The molecule has 1 aliphatic rings. The molecule has 0 amide bonds. The maximum absolute atomic E-state index is 10.5. The SMILES string of the molecule is CC(=O)O.CC(=O)O.Nc1cc(CN2C[C@@H](Cc3ccc4ccccc4n3)[C@H](O)C2)ccn1. The predicted molar refractivity (Wildman–Crippen MR) is 125 cm³/mol. The molecule has 3 aromatic rings. The van der Waals surface area contributed by atoms with E-state index in [-0.39, 0.29) is 12.0 Å². The number of β-amino-alcohol motifs (C(OH)–C–C–N with tert-alkyl or cyclic N) is 1. The zero-order valence-electron chi connectivity index (χ0n) is 18.8. The summed E-state index contributed by atoms with van der Waals surface area (Å²) in [7, 11) is 0. The number of anilines is 1. The summed E-state index contributed by atoms with van der Waals surface area (Å²) in [4.78, 5) is 29.0. The van der Waals surface area contributed by atoms with E-state index in [4.69, 9.17) is 30.5 Å².